The van der Waals surface area contributed by atoms with Crippen LogP contribution in [0.5, 0.6) is 0 Å². The van der Waals surface area contributed by atoms with Crippen molar-refractivity contribution in [3.05, 3.63) is 0 Å². The van der Waals surface area contributed by atoms with Gasteiger partial charge < -0.3 is 24.6 Å². The highest BCUT2D eigenvalue weighted by Crippen LogP contribution is 2.14. The third kappa shape index (κ3) is 10.3. The van der Waals surface area contributed by atoms with Gasteiger partial charge in [0.25, 0.3) is 0 Å². The lowest BCUT2D eigenvalue weighted by molar-refractivity contribution is -0.0151. The largest absolute Gasteiger partial charge is 0.394 e. The molecule has 0 saturated heterocycles. The molecule has 0 amide bonds. The molecule has 5 heteroatoms. The number of hydrogen-bond donors (Lipinski definition) is 2. The van der Waals surface area contributed by atoms with Gasteiger partial charge in [0.05, 0.1) is 39.1 Å². The molecule has 2 atom stereocenters. The normalized spacial score (nSPS) is 16.3. The summed E-state index contributed by atoms with van der Waals surface area (Å²) in [6, 6.07) is 0. The van der Waals surface area contributed by atoms with Gasteiger partial charge in [0, 0.05) is 12.6 Å². The Hall–Kier alpha value is -0.200. The van der Waals surface area contributed by atoms with E-state index >= 15 is 0 Å². The van der Waals surface area contributed by atoms with Gasteiger partial charge in [0.1, 0.15) is 0 Å². The Balaban J connectivity index is 3.72. The lowest BCUT2D eigenvalue weighted by atomic mass is 9.95. The molecule has 0 saturated carbocycles. The van der Waals surface area contributed by atoms with E-state index in [2.05, 4.69) is 12.2 Å². The minimum Gasteiger partial charge on any atom is -0.394 e. The van der Waals surface area contributed by atoms with Gasteiger partial charge in [-0.3, -0.25) is 0 Å². The van der Waals surface area contributed by atoms with E-state index < -0.39 is 0 Å². The standard InChI is InChI=1S/C14H31NO4/c1-5-6-15-14(3,12-16)11-13(2)19-10-9-18-8-7-17-4/h13,15-16H,5-12H2,1-4H3. The monoisotopic (exact) mass is 277 g/mol. The molecule has 0 aromatic carbocycles. The van der Waals surface area contributed by atoms with Crippen molar-refractivity contribution in [3.63, 3.8) is 0 Å². The van der Waals surface area contributed by atoms with Crippen molar-refractivity contribution in [2.75, 3.05) is 46.7 Å². The van der Waals surface area contributed by atoms with E-state index in [-0.39, 0.29) is 18.2 Å². The Bertz CT molecular complexity index is 204. The minimum atomic E-state index is -0.271. The van der Waals surface area contributed by atoms with E-state index in [1.165, 1.54) is 0 Å². The minimum absolute atomic E-state index is 0.0903. The van der Waals surface area contributed by atoms with Gasteiger partial charge in [-0.25, -0.2) is 0 Å². The molecular formula is C14H31NO4. The number of ether oxygens (including phenoxy) is 3. The summed E-state index contributed by atoms with van der Waals surface area (Å²) in [7, 11) is 1.65. The molecule has 0 bridgehead atoms. The smallest absolute Gasteiger partial charge is 0.0704 e. The molecule has 0 aliphatic carbocycles. The summed E-state index contributed by atoms with van der Waals surface area (Å²) >= 11 is 0. The van der Waals surface area contributed by atoms with Crippen molar-refractivity contribution in [2.45, 2.75) is 45.3 Å². The molecule has 2 N–H and O–H groups in total. The summed E-state index contributed by atoms with van der Waals surface area (Å²) in [4.78, 5) is 0. The summed E-state index contributed by atoms with van der Waals surface area (Å²) in [5.74, 6) is 0. The highest BCUT2D eigenvalue weighted by molar-refractivity contribution is 4.84. The van der Waals surface area contributed by atoms with Crippen LogP contribution in [0.4, 0.5) is 0 Å². The molecule has 0 radical (unpaired) electrons. The Kier molecular flexibility index (Phi) is 11.5. The molecule has 5 nitrogen and oxygen atoms in total. The summed E-state index contributed by atoms with van der Waals surface area (Å²) in [5.41, 5.74) is -0.271. The van der Waals surface area contributed by atoms with Crippen molar-refractivity contribution in [1.82, 2.24) is 5.32 Å². The van der Waals surface area contributed by atoms with E-state index in [1.54, 1.807) is 7.11 Å². The Morgan fingerprint density at radius 2 is 1.89 bits per heavy atom. The molecule has 0 aliphatic rings. The quantitative estimate of drug-likeness (QED) is 0.495. The molecule has 0 aromatic rings. The first-order chi connectivity index (χ1) is 9.08. The third-order valence-electron chi connectivity index (χ3n) is 2.95. The molecule has 2 unspecified atom stereocenters. The van der Waals surface area contributed by atoms with Crippen LogP contribution in [0.3, 0.4) is 0 Å². The molecule has 0 fully saturated rings. The number of aliphatic hydroxyl groups excluding tert-OH is 1. The first-order valence-electron chi connectivity index (χ1n) is 7.12. The van der Waals surface area contributed by atoms with Gasteiger partial charge in [-0.05, 0) is 33.2 Å². The summed E-state index contributed by atoms with van der Waals surface area (Å²) in [5, 5.41) is 12.8. The molecular weight excluding hydrogens is 246 g/mol. The van der Waals surface area contributed by atoms with Crippen molar-refractivity contribution < 1.29 is 19.3 Å². The predicted molar refractivity (Wildman–Crippen MR) is 76.5 cm³/mol. The van der Waals surface area contributed by atoms with Gasteiger partial charge in [0.2, 0.25) is 0 Å². The number of rotatable bonds is 13. The van der Waals surface area contributed by atoms with Crippen LogP contribution in [-0.2, 0) is 14.2 Å². The lowest BCUT2D eigenvalue weighted by Gasteiger charge is -2.31. The first-order valence-corrected chi connectivity index (χ1v) is 7.12. The maximum atomic E-state index is 9.47. The van der Waals surface area contributed by atoms with Crippen LogP contribution >= 0.6 is 0 Å². The SMILES string of the molecule is CCCNC(C)(CO)CC(C)OCCOCCOC. The number of methoxy groups -OCH3 is 1. The summed E-state index contributed by atoms with van der Waals surface area (Å²) in [6.45, 7) is 9.54. The predicted octanol–water partition coefficient (Wildman–Crippen LogP) is 1.20. The zero-order valence-corrected chi connectivity index (χ0v) is 12.9. The second-order valence-electron chi connectivity index (χ2n) is 5.14. The van der Waals surface area contributed by atoms with Gasteiger partial charge in [0.15, 0.2) is 0 Å². The van der Waals surface area contributed by atoms with E-state index in [9.17, 15) is 5.11 Å². The zero-order chi connectivity index (χ0) is 14.6. The van der Waals surface area contributed by atoms with Gasteiger partial charge in [-0.15, -0.1) is 0 Å². The Labute approximate surface area is 117 Å². The van der Waals surface area contributed by atoms with E-state index in [0.29, 0.717) is 26.4 Å². The molecule has 116 valence electrons. The molecule has 19 heavy (non-hydrogen) atoms. The molecule has 0 aromatic heterocycles. The van der Waals surface area contributed by atoms with Gasteiger partial charge >= 0.3 is 0 Å². The number of aliphatic hydroxyl groups is 1. The second kappa shape index (κ2) is 11.6. The maximum absolute atomic E-state index is 9.47. The first kappa shape index (κ1) is 18.8. The highest BCUT2D eigenvalue weighted by atomic mass is 16.5. The number of nitrogens with one attached hydrogen (secondary N) is 1. The van der Waals surface area contributed by atoms with Crippen LogP contribution in [0.15, 0.2) is 0 Å². The van der Waals surface area contributed by atoms with Crippen molar-refractivity contribution in [3.8, 4) is 0 Å². The molecule has 0 heterocycles. The maximum Gasteiger partial charge on any atom is 0.0704 e. The Morgan fingerprint density at radius 3 is 2.47 bits per heavy atom. The number of hydrogen-bond acceptors (Lipinski definition) is 5. The van der Waals surface area contributed by atoms with Crippen LogP contribution < -0.4 is 5.32 Å². The average Bonchev–Trinajstić information content (AvgIpc) is 2.40. The van der Waals surface area contributed by atoms with Crippen LogP contribution in [-0.4, -0.2) is 63.4 Å². The summed E-state index contributed by atoms with van der Waals surface area (Å²) in [6.07, 6.45) is 1.92. The fourth-order valence-electron chi connectivity index (χ4n) is 1.87. The molecule has 0 rings (SSSR count). The molecule has 0 aliphatic heterocycles. The van der Waals surface area contributed by atoms with Gasteiger partial charge in [-0.2, -0.15) is 0 Å². The highest BCUT2D eigenvalue weighted by Gasteiger charge is 2.25. The van der Waals surface area contributed by atoms with Crippen LogP contribution in [0.25, 0.3) is 0 Å². The summed E-state index contributed by atoms with van der Waals surface area (Å²) < 4.78 is 15.9. The van der Waals surface area contributed by atoms with E-state index in [0.717, 1.165) is 19.4 Å². The van der Waals surface area contributed by atoms with Crippen LogP contribution in [0, 0.1) is 0 Å². The lowest BCUT2D eigenvalue weighted by Crippen LogP contribution is -2.48. The Morgan fingerprint density at radius 1 is 1.21 bits per heavy atom. The van der Waals surface area contributed by atoms with Crippen molar-refractivity contribution in [1.29, 1.82) is 0 Å². The van der Waals surface area contributed by atoms with E-state index in [4.69, 9.17) is 14.2 Å². The fourth-order valence-corrected chi connectivity index (χ4v) is 1.87. The molecule has 0 spiro atoms. The fraction of sp³-hybridized carbons (Fsp3) is 1.00. The average molecular weight is 277 g/mol. The van der Waals surface area contributed by atoms with Crippen LogP contribution in [0.2, 0.25) is 0 Å². The van der Waals surface area contributed by atoms with Crippen molar-refractivity contribution >= 4 is 0 Å². The second-order valence-corrected chi connectivity index (χ2v) is 5.14. The van der Waals surface area contributed by atoms with Crippen molar-refractivity contribution in [2.24, 2.45) is 0 Å². The van der Waals surface area contributed by atoms with Crippen LogP contribution in [0.1, 0.15) is 33.6 Å². The van der Waals surface area contributed by atoms with Gasteiger partial charge in [-0.1, -0.05) is 6.92 Å². The zero-order valence-electron chi connectivity index (χ0n) is 12.9. The topological polar surface area (TPSA) is 60.0 Å². The third-order valence-corrected chi connectivity index (χ3v) is 2.95. The van der Waals surface area contributed by atoms with E-state index in [1.807, 2.05) is 13.8 Å².